The first kappa shape index (κ1) is 13.2. The number of anilines is 1. The SMILES string of the molecule is CCCc1cc(N[C@@H]2CCNC[C@H]2O)nc(C)n1. The summed E-state index contributed by atoms with van der Waals surface area (Å²) in [6.45, 7) is 5.62. The summed E-state index contributed by atoms with van der Waals surface area (Å²) < 4.78 is 0. The molecule has 2 rings (SSSR count). The van der Waals surface area contributed by atoms with Crippen LogP contribution in [-0.4, -0.2) is 40.3 Å². The first-order valence-corrected chi connectivity index (χ1v) is 6.69. The van der Waals surface area contributed by atoms with Crippen molar-refractivity contribution in [3.05, 3.63) is 17.6 Å². The summed E-state index contributed by atoms with van der Waals surface area (Å²) in [4.78, 5) is 8.80. The molecule has 1 aliphatic rings. The highest BCUT2D eigenvalue weighted by Gasteiger charge is 2.22. The van der Waals surface area contributed by atoms with E-state index in [4.69, 9.17) is 0 Å². The maximum Gasteiger partial charge on any atom is 0.130 e. The van der Waals surface area contributed by atoms with Crippen molar-refractivity contribution >= 4 is 5.82 Å². The van der Waals surface area contributed by atoms with Crippen molar-refractivity contribution < 1.29 is 5.11 Å². The second-order valence-corrected chi connectivity index (χ2v) is 4.85. The van der Waals surface area contributed by atoms with E-state index in [9.17, 15) is 5.11 Å². The van der Waals surface area contributed by atoms with Crippen LogP contribution in [0.4, 0.5) is 5.82 Å². The molecule has 1 aromatic rings. The monoisotopic (exact) mass is 250 g/mol. The van der Waals surface area contributed by atoms with Crippen molar-refractivity contribution in [1.82, 2.24) is 15.3 Å². The smallest absolute Gasteiger partial charge is 0.130 e. The topological polar surface area (TPSA) is 70.1 Å². The Labute approximate surface area is 108 Å². The largest absolute Gasteiger partial charge is 0.390 e. The maximum absolute atomic E-state index is 9.90. The number of nitrogens with one attached hydrogen (secondary N) is 2. The van der Waals surface area contributed by atoms with Gasteiger partial charge in [-0.25, -0.2) is 9.97 Å². The molecule has 100 valence electrons. The molecule has 0 bridgehead atoms. The Morgan fingerprint density at radius 2 is 2.33 bits per heavy atom. The quantitative estimate of drug-likeness (QED) is 0.740. The Hall–Kier alpha value is -1.20. The van der Waals surface area contributed by atoms with Crippen LogP contribution in [0.25, 0.3) is 0 Å². The number of rotatable bonds is 4. The lowest BCUT2D eigenvalue weighted by Crippen LogP contribution is -2.47. The molecule has 2 atom stereocenters. The fourth-order valence-corrected chi connectivity index (χ4v) is 2.29. The summed E-state index contributed by atoms with van der Waals surface area (Å²) in [5, 5.41) is 16.4. The molecule has 0 aliphatic carbocycles. The number of piperidine rings is 1. The number of hydrogen-bond donors (Lipinski definition) is 3. The van der Waals surface area contributed by atoms with Gasteiger partial charge in [0.25, 0.3) is 0 Å². The summed E-state index contributed by atoms with van der Waals surface area (Å²) in [6, 6.07) is 2.07. The van der Waals surface area contributed by atoms with Crippen LogP contribution in [0.2, 0.25) is 0 Å². The average molecular weight is 250 g/mol. The second kappa shape index (κ2) is 6.11. The fourth-order valence-electron chi connectivity index (χ4n) is 2.29. The van der Waals surface area contributed by atoms with Crippen molar-refractivity contribution in [3.8, 4) is 0 Å². The van der Waals surface area contributed by atoms with Gasteiger partial charge in [-0.2, -0.15) is 0 Å². The minimum Gasteiger partial charge on any atom is -0.390 e. The molecule has 0 amide bonds. The van der Waals surface area contributed by atoms with Gasteiger partial charge in [0.05, 0.1) is 12.1 Å². The van der Waals surface area contributed by atoms with Crippen LogP contribution < -0.4 is 10.6 Å². The van der Waals surface area contributed by atoms with E-state index in [1.54, 1.807) is 0 Å². The lowest BCUT2D eigenvalue weighted by atomic mass is 10.0. The molecule has 0 radical (unpaired) electrons. The molecule has 1 saturated heterocycles. The lowest BCUT2D eigenvalue weighted by Gasteiger charge is -2.29. The summed E-state index contributed by atoms with van der Waals surface area (Å²) >= 11 is 0. The molecule has 18 heavy (non-hydrogen) atoms. The third-order valence-electron chi connectivity index (χ3n) is 3.18. The van der Waals surface area contributed by atoms with E-state index in [0.29, 0.717) is 6.54 Å². The van der Waals surface area contributed by atoms with Crippen LogP contribution in [0.3, 0.4) is 0 Å². The van der Waals surface area contributed by atoms with Crippen LogP contribution in [-0.2, 0) is 6.42 Å². The highest BCUT2D eigenvalue weighted by atomic mass is 16.3. The minimum atomic E-state index is -0.358. The van der Waals surface area contributed by atoms with E-state index in [2.05, 4.69) is 27.5 Å². The molecule has 2 heterocycles. The molecule has 0 unspecified atom stereocenters. The first-order valence-electron chi connectivity index (χ1n) is 6.69. The van der Waals surface area contributed by atoms with E-state index in [1.165, 1.54) is 0 Å². The van der Waals surface area contributed by atoms with Crippen LogP contribution in [0.5, 0.6) is 0 Å². The summed E-state index contributed by atoms with van der Waals surface area (Å²) in [5.74, 6) is 1.61. The van der Waals surface area contributed by atoms with Gasteiger partial charge >= 0.3 is 0 Å². The summed E-state index contributed by atoms with van der Waals surface area (Å²) in [7, 11) is 0. The number of β-amino-alcohol motifs (C(OH)–C–C–N with tert-alkyl or cyclic N) is 1. The molecule has 0 aromatic carbocycles. The molecular formula is C13H22N4O. The number of aromatic nitrogens is 2. The molecule has 1 aliphatic heterocycles. The number of aryl methyl sites for hydroxylation is 2. The average Bonchev–Trinajstić information content (AvgIpc) is 2.32. The van der Waals surface area contributed by atoms with Gasteiger partial charge in [-0.05, 0) is 26.3 Å². The van der Waals surface area contributed by atoms with Gasteiger partial charge in [-0.3, -0.25) is 0 Å². The number of hydrogen-bond acceptors (Lipinski definition) is 5. The zero-order chi connectivity index (χ0) is 13.0. The van der Waals surface area contributed by atoms with Crippen LogP contribution in [0.15, 0.2) is 6.07 Å². The van der Waals surface area contributed by atoms with Crippen molar-refractivity contribution in [2.24, 2.45) is 0 Å². The van der Waals surface area contributed by atoms with Crippen LogP contribution in [0, 0.1) is 6.92 Å². The zero-order valence-corrected chi connectivity index (χ0v) is 11.1. The molecule has 3 N–H and O–H groups in total. The number of aliphatic hydroxyl groups is 1. The van der Waals surface area contributed by atoms with Crippen LogP contribution >= 0.6 is 0 Å². The van der Waals surface area contributed by atoms with E-state index < -0.39 is 0 Å². The van der Waals surface area contributed by atoms with E-state index in [1.807, 2.05) is 13.0 Å². The molecule has 5 heteroatoms. The Morgan fingerprint density at radius 3 is 3.06 bits per heavy atom. The Morgan fingerprint density at radius 1 is 1.50 bits per heavy atom. The molecule has 5 nitrogen and oxygen atoms in total. The van der Waals surface area contributed by atoms with Gasteiger partial charge in [-0.15, -0.1) is 0 Å². The molecule has 1 fully saturated rings. The molecular weight excluding hydrogens is 228 g/mol. The van der Waals surface area contributed by atoms with Crippen molar-refractivity contribution in [2.45, 2.75) is 45.3 Å². The zero-order valence-electron chi connectivity index (χ0n) is 11.1. The van der Waals surface area contributed by atoms with Gasteiger partial charge in [-0.1, -0.05) is 13.3 Å². The molecule has 1 aromatic heterocycles. The van der Waals surface area contributed by atoms with E-state index in [-0.39, 0.29) is 12.1 Å². The number of aliphatic hydroxyl groups excluding tert-OH is 1. The third-order valence-corrected chi connectivity index (χ3v) is 3.18. The van der Waals surface area contributed by atoms with Crippen molar-refractivity contribution in [1.29, 1.82) is 0 Å². The van der Waals surface area contributed by atoms with E-state index >= 15 is 0 Å². The minimum absolute atomic E-state index is 0.0787. The van der Waals surface area contributed by atoms with Gasteiger partial charge in [0.2, 0.25) is 0 Å². The van der Waals surface area contributed by atoms with Gasteiger partial charge in [0, 0.05) is 18.3 Å². The van der Waals surface area contributed by atoms with E-state index in [0.717, 1.165) is 43.1 Å². The summed E-state index contributed by atoms with van der Waals surface area (Å²) in [6.07, 6.45) is 2.59. The summed E-state index contributed by atoms with van der Waals surface area (Å²) in [5.41, 5.74) is 1.07. The second-order valence-electron chi connectivity index (χ2n) is 4.85. The number of nitrogens with zero attached hydrogens (tertiary/aromatic N) is 2. The Bertz CT molecular complexity index is 397. The standard InChI is InChI=1S/C13H22N4O/c1-3-4-10-7-13(16-9(2)15-10)17-11-5-6-14-8-12(11)18/h7,11-12,14,18H,3-6,8H2,1-2H3,(H,15,16,17)/t11-,12-/m1/s1. The van der Waals surface area contributed by atoms with Crippen molar-refractivity contribution in [3.63, 3.8) is 0 Å². The Kier molecular flexibility index (Phi) is 4.49. The van der Waals surface area contributed by atoms with Crippen LogP contribution in [0.1, 0.15) is 31.3 Å². The molecule has 0 saturated carbocycles. The predicted molar refractivity (Wildman–Crippen MR) is 71.7 cm³/mol. The highest BCUT2D eigenvalue weighted by Crippen LogP contribution is 2.14. The van der Waals surface area contributed by atoms with Gasteiger partial charge in [0.1, 0.15) is 11.6 Å². The normalized spacial score (nSPS) is 23.9. The first-order chi connectivity index (χ1) is 8.69. The lowest BCUT2D eigenvalue weighted by molar-refractivity contribution is 0.128. The highest BCUT2D eigenvalue weighted by molar-refractivity contribution is 5.37. The third kappa shape index (κ3) is 3.40. The van der Waals surface area contributed by atoms with Crippen molar-refractivity contribution in [2.75, 3.05) is 18.4 Å². The Balaban J connectivity index is 2.07. The fraction of sp³-hybridized carbons (Fsp3) is 0.692. The van der Waals surface area contributed by atoms with Gasteiger partial charge in [0.15, 0.2) is 0 Å². The maximum atomic E-state index is 9.90. The molecule has 0 spiro atoms. The predicted octanol–water partition coefficient (Wildman–Crippen LogP) is 0.872. The van der Waals surface area contributed by atoms with Gasteiger partial charge < -0.3 is 15.7 Å².